The molecule has 0 bridgehead atoms. The highest BCUT2D eigenvalue weighted by Gasteiger charge is 2.59. The summed E-state index contributed by atoms with van der Waals surface area (Å²) in [7, 11) is 6.00. The van der Waals surface area contributed by atoms with Crippen LogP contribution in [0.5, 0.6) is 0 Å². The molecule has 8 heterocycles. The van der Waals surface area contributed by atoms with Crippen LogP contribution in [0.4, 0.5) is 22.7 Å². The van der Waals surface area contributed by atoms with Crippen molar-refractivity contribution >= 4 is 113 Å². The topological polar surface area (TPSA) is 372 Å². The number of carbonyl (C=O) groups excluding carboxylic acids is 8. The molecular formula is C112H116N12O16. The van der Waals surface area contributed by atoms with Crippen molar-refractivity contribution in [1.29, 1.82) is 0 Å². The van der Waals surface area contributed by atoms with Crippen LogP contribution in [0.2, 0.25) is 0 Å². The Morgan fingerprint density at radius 3 is 0.607 bits per heavy atom. The first-order valence-corrected chi connectivity index (χ1v) is 48.9. The third-order valence-electron chi connectivity index (χ3n) is 32.2. The number of nitrogens with zero attached hydrogens (tertiary/aromatic N) is 8. The summed E-state index contributed by atoms with van der Waals surface area (Å²) in [6.07, 6.45) is 2.17. The van der Waals surface area contributed by atoms with Gasteiger partial charge in [0.2, 0.25) is 23.6 Å². The molecule has 4 fully saturated rings. The summed E-state index contributed by atoms with van der Waals surface area (Å²) in [5, 5.41) is 110. The van der Waals surface area contributed by atoms with Crippen molar-refractivity contribution in [2.45, 2.75) is 172 Å². The number of anilines is 4. The van der Waals surface area contributed by atoms with Gasteiger partial charge in [-0.2, -0.15) is 0 Å². The van der Waals surface area contributed by atoms with Gasteiger partial charge in [-0.15, -0.1) is 0 Å². The molecule has 28 nitrogen and oxygen atoms in total. The lowest BCUT2D eigenvalue weighted by molar-refractivity contribution is -0.143. The molecule has 0 spiro atoms. The lowest BCUT2D eigenvalue weighted by atomic mass is 9.91. The lowest BCUT2D eigenvalue weighted by Gasteiger charge is -2.41. The largest absolute Gasteiger partial charge is 0.386 e. The average molecular weight is 1890 g/mol. The summed E-state index contributed by atoms with van der Waals surface area (Å²) in [5.41, 5.74) is 5.82. The normalized spacial score (nSPS) is 26.4. The minimum atomic E-state index is -1.85. The molecule has 24 rings (SSSR count). The second-order valence-corrected chi connectivity index (χ2v) is 39.4. The number of carbonyl (C=O) groups is 8. The standard InChI is InChI=1S/4C28H29N3O4/c4*1-29-23(32)16-28(35)21-10-2-3-11-22(21)31(27(28)34)18-12-14-30(15-13-18)25-19-8-4-6-17-7-5-9-20(24(17)19)26(25)33/h4*2-11,18,25-26,33,35H,12-16H2,1H3,(H,29,32)/t25?,26-,28+;25?,26-,28-;25-,26-,28+;25-,26-,28-/m0011/s1. The lowest BCUT2D eigenvalue weighted by Crippen LogP contribution is -2.51. The Hall–Kier alpha value is -13.0. The molecular weight excluding hydrogens is 1770 g/mol. The fourth-order valence-corrected chi connectivity index (χ4v) is 25.5. The number of aliphatic hydroxyl groups excluding tert-OH is 4. The number of hydrogen-bond donors (Lipinski definition) is 12. The van der Waals surface area contributed by atoms with Gasteiger partial charge in [-0.3, -0.25) is 58.0 Å². The highest BCUT2D eigenvalue weighted by Crippen LogP contribution is 2.57. The molecule has 12 atom stereocenters. The van der Waals surface area contributed by atoms with Crippen LogP contribution in [0.25, 0.3) is 43.1 Å². The molecule has 2 unspecified atom stereocenters. The maximum Gasteiger partial charge on any atom is 0.264 e. The third kappa shape index (κ3) is 15.2. The molecule has 12 aromatic carbocycles. The average Bonchev–Trinajstić information content (AvgIpc) is 1.71. The molecule has 12 aliphatic rings. The second-order valence-electron chi connectivity index (χ2n) is 39.4. The predicted octanol–water partition coefficient (Wildman–Crippen LogP) is 11.1. The van der Waals surface area contributed by atoms with Crippen molar-refractivity contribution in [2.75, 3.05) is 100 Å². The molecule has 140 heavy (non-hydrogen) atoms. The number of likely N-dealkylation sites (tertiary alicyclic amines) is 4. The van der Waals surface area contributed by atoms with Crippen LogP contribution in [0.1, 0.15) is 192 Å². The van der Waals surface area contributed by atoms with Crippen molar-refractivity contribution in [3.05, 3.63) is 309 Å². The van der Waals surface area contributed by atoms with Crippen molar-refractivity contribution in [3.63, 3.8) is 0 Å². The van der Waals surface area contributed by atoms with Gasteiger partial charge in [0.05, 0.1) is 97.0 Å². The van der Waals surface area contributed by atoms with Gasteiger partial charge in [0.25, 0.3) is 23.6 Å². The van der Waals surface area contributed by atoms with Crippen molar-refractivity contribution < 1.29 is 79.2 Å². The van der Waals surface area contributed by atoms with Crippen molar-refractivity contribution in [1.82, 2.24) is 40.9 Å². The van der Waals surface area contributed by atoms with Crippen molar-refractivity contribution in [2.24, 2.45) is 0 Å². The number of rotatable bonds is 16. The van der Waals surface area contributed by atoms with Gasteiger partial charge >= 0.3 is 0 Å². The van der Waals surface area contributed by atoms with Gasteiger partial charge in [-0.1, -0.05) is 218 Å². The molecule has 4 saturated heterocycles. The molecule has 12 N–H and O–H groups in total. The summed E-state index contributed by atoms with van der Waals surface area (Å²) in [4.78, 5) is 119. The molecule has 8 aliphatic heterocycles. The van der Waals surface area contributed by atoms with E-state index in [4.69, 9.17) is 0 Å². The summed E-state index contributed by atoms with van der Waals surface area (Å²) in [5.74, 6) is -3.24. The minimum Gasteiger partial charge on any atom is -0.386 e. The highest BCUT2D eigenvalue weighted by molar-refractivity contribution is 6.13. The third-order valence-corrected chi connectivity index (χ3v) is 32.2. The number of fused-ring (bicyclic) bond motifs is 4. The van der Waals surface area contributed by atoms with Crippen LogP contribution in [0.3, 0.4) is 0 Å². The number of benzene rings is 12. The van der Waals surface area contributed by atoms with Crippen LogP contribution < -0.4 is 40.9 Å². The maximum absolute atomic E-state index is 13.5. The van der Waals surface area contributed by atoms with Crippen LogP contribution in [0.15, 0.2) is 243 Å². The fourth-order valence-electron chi connectivity index (χ4n) is 25.5. The number of hydrogen-bond acceptors (Lipinski definition) is 20. The summed E-state index contributed by atoms with van der Waals surface area (Å²) < 4.78 is 0. The smallest absolute Gasteiger partial charge is 0.264 e. The molecule has 4 aliphatic carbocycles. The van der Waals surface area contributed by atoms with Gasteiger partial charge < -0.3 is 81.7 Å². The van der Waals surface area contributed by atoms with Crippen LogP contribution in [-0.4, -0.2) is 212 Å². The zero-order valence-corrected chi connectivity index (χ0v) is 78.6. The first kappa shape index (κ1) is 93.3. The molecule has 0 saturated carbocycles. The van der Waals surface area contributed by atoms with E-state index in [1.807, 2.05) is 121 Å². The Labute approximate surface area is 810 Å². The summed E-state index contributed by atoms with van der Waals surface area (Å²) in [6, 6.07) is 77.4. The Morgan fingerprint density at radius 1 is 0.257 bits per heavy atom. The van der Waals surface area contributed by atoms with E-state index < -0.39 is 70.4 Å². The van der Waals surface area contributed by atoms with Gasteiger partial charge in [0.1, 0.15) is 0 Å². The first-order chi connectivity index (χ1) is 67.7. The number of aliphatic hydroxyl groups is 8. The summed E-state index contributed by atoms with van der Waals surface area (Å²) in [6.45, 7) is 5.75. The zero-order chi connectivity index (χ0) is 97.3. The maximum atomic E-state index is 13.5. The molecule has 0 aromatic heterocycles. The van der Waals surface area contributed by atoms with Gasteiger partial charge in [-0.05, 0) is 163 Å². The molecule has 28 heteroatoms. The van der Waals surface area contributed by atoms with Gasteiger partial charge in [0, 0.05) is 127 Å². The summed E-state index contributed by atoms with van der Waals surface area (Å²) >= 11 is 0. The fraction of sp³-hybridized carbons (Fsp3) is 0.357. The minimum absolute atomic E-state index is 0.0877. The Balaban J connectivity index is 0.000000111. The highest BCUT2D eigenvalue weighted by atomic mass is 16.3. The number of nitrogens with one attached hydrogen (secondary N) is 4. The Morgan fingerprint density at radius 2 is 0.429 bits per heavy atom. The van der Waals surface area contributed by atoms with E-state index in [9.17, 15) is 79.2 Å². The van der Waals surface area contributed by atoms with E-state index in [1.54, 1.807) is 68.1 Å². The second kappa shape index (κ2) is 36.9. The predicted molar refractivity (Wildman–Crippen MR) is 531 cm³/mol. The quantitative estimate of drug-likeness (QED) is 0.0427. The molecule has 0 radical (unpaired) electrons. The number of piperidine rings is 4. The van der Waals surface area contributed by atoms with E-state index in [0.717, 1.165) is 140 Å². The van der Waals surface area contributed by atoms with E-state index in [1.165, 1.54) is 28.2 Å². The van der Waals surface area contributed by atoms with Gasteiger partial charge in [0.15, 0.2) is 22.4 Å². The van der Waals surface area contributed by atoms with Gasteiger partial charge in [-0.25, -0.2) is 0 Å². The van der Waals surface area contributed by atoms with E-state index >= 15 is 0 Å². The van der Waals surface area contributed by atoms with E-state index in [2.05, 4.69) is 114 Å². The zero-order valence-electron chi connectivity index (χ0n) is 78.6. The first-order valence-electron chi connectivity index (χ1n) is 48.9. The van der Waals surface area contributed by atoms with E-state index in [0.29, 0.717) is 96.4 Å². The number of amides is 8. The molecule has 8 amide bonds. The van der Waals surface area contributed by atoms with Crippen LogP contribution in [0, 0.1) is 0 Å². The number of para-hydroxylation sites is 4. The molecule has 12 aromatic rings. The Kier molecular flexibility index (Phi) is 24.6. The van der Waals surface area contributed by atoms with E-state index in [-0.39, 0.29) is 97.6 Å². The van der Waals surface area contributed by atoms with Crippen LogP contribution >= 0.6 is 0 Å². The van der Waals surface area contributed by atoms with Crippen molar-refractivity contribution in [3.8, 4) is 0 Å². The SMILES string of the molecule is CNC(=O)C[C@@]1(O)C(=O)N(C2CCN(C3c4cccc5cccc(c45)[C@@H]3O)CC2)c2ccccc21.CNC(=O)C[C@@]1(O)C(=O)N(C2CCN([C@@H]3c4cccc5cccc(c45)[C@H]3O)CC2)c2ccccc21.CNC(=O)C[C@]1(O)C(=O)N(C2CCN(C3c4cccc5cccc(c45)[C@@H]3O)CC2)c2ccccc21.CNC(=O)C[C@]1(O)C(=O)N(C2CCN([C@@H]3c4cccc5cccc(c45)[C@H]3O)CC2)c2ccccc21. The monoisotopic (exact) mass is 1880 g/mol. The Bertz CT molecular complexity index is 6130. The van der Waals surface area contributed by atoms with Crippen LogP contribution in [-0.2, 0) is 60.8 Å². The molecule has 720 valence electrons.